The first kappa shape index (κ1) is 18.3. The number of hydrogen-bond acceptors (Lipinski definition) is 8. The molecule has 1 aromatic rings. The van der Waals surface area contributed by atoms with Crippen molar-refractivity contribution in [2.45, 2.75) is 17.7 Å². The summed E-state index contributed by atoms with van der Waals surface area (Å²) in [6, 6.07) is 4.12. The van der Waals surface area contributed by atoms with Gasteiger partial charge < -0.3 is 10.1 Å². The Morgan fingerprint density at radius 3 is 2.84 bits per heavy atom. The minimum atomic E-state index is -4.20. The summed E-state index contributed by atoms with van der Waals surface area (Å²) in [5, 5.41) is 5.12. The van der Waals surface area contributed by atoms with Crippen LogP contribution in [0.15, 0.2) is 50.9 Å². The summed E-state index contributed by atoms with van der Waals surface area (Å²) in [5.74, 6) is -1.53. The van der Waals surface area contributed by atoms with Gasteiger partial charge in [-0.2, -0.15) is 4.99 Å². The lowest BCUT2D eigenvalue weighted by atomic mass is 10.3. The second kappa shape index (κ2) is 7.26. The van der Waals surface area contributed by atoms with E-state index in [1.54, 1.807) is 6.92 Å². The number of benzene rings is 1. The Kier molecular flexibility index (Phi) is 5.32. The van der Waals surface area contributed by atoms with Crippen molar-refractivity contribution >= 4 is 34.2 Å². The van der Waals surface area contributed by atoms with Gasteiger partial charge in [-0.3, -0.25) is 5.32 Å². The van der Waals surface area contributed by atoms with Crippen molar-refractivity contribution in [3.63, 3.8) is 0 Å². The van der Waals surface area contributed by atoms with Crippen LogP contribution in [-0.2, 0) is 19.6 Å². The van der Waals surface area contributed by atoms with Crippen molar-refractivity contribution in [1.29, 1.82) is 0 Å². The smallest absolute Gasteiger partial charge is 0.332 e. The number of amides is 2. The van der Waals surface area contributed by atoms with Crippen LogP contribution in [0.1, 0.15) is 6.92 Å². The number of carbonyl (C=O) groups is 1. The molecular formula is C14H15N5O5S. The molecule has 1 heterocycles. The second-order valence-corrected chi connectivity index (χ2v) is 6.57. The average Bonchev–Trinajstić information content (AvgIpc) is 2.55. The van der Waals surface area contributed by atoms with Crippen LogP contribution in [-0.4, -0.2) is 39.8 Å². The van der Waals surface area contributed by atoms with Gasteiger partial charge in [-0.05, 0) is 25.1 Å². The number of hydrogen-bond donors (Lipinski definition) is 3. The quantitative estimate of drug-likeness (QED) is 0.394. The highest BCUT2D eigenvalue weighted by Gasteiger charge is 2.32. The number of nitrogens with zero attached hydrogens (tertiary/aromatic N) is 2. The number of methoxy groups -OCH3 is 1. The van der Waals surface area contributed by atoms with E-state index in [0.29, 0.717) is 5.70 Å². The van der Waals surface area contributed by atoms with Gasteiger partial charge in [0.1, 0.15) is 0 Å². The van der Waals surface area contributed by atoms with Gasteiger partial charge in [-0.1, -0.05) is 6.07 Å². The fourth-order valence-corrected chi connectivity index (χ4v) is 2.92. The third-order valence-corrected chi connectivity index (χ3v) is 4.42. The summed E-state index contributed by atoms with van der Waals surface area (Å²) in [6.45, 7) is 1.72. The molecule has 3 N–H and O–H groups in total. The highest BCUT2D eigenvalue weighted by atomic mass is 32.2. The zero-order valence-corrected chi connectivity index (χ0v) is 14.1. The lowest BCUT2D eigenvalue weighted by Crippen LogP contribution is -2.53. The Bertz CT molecular complexity index is 889. The SMILES string of the molecule is COC1(NC(=O)NS(=O)(=O)c2cccc(N=C=O)c2)C=C(C)NC=N1. The van der Waals surface area contributed by atoms with E-state index in [9.17, 15) is 18.0 Å². The van der Waals surface area contributed by atoms with Crippen molar-refractivity contribution < 1.29 is 22.7 Å². The van der Waals surface area contributed by atoms with Gasteiger partial charge in [0.15, 0.2) is 0 Å². The zero-order chi connectivity index (χ0) is 18.5. The normalized spacial score (nSPS) is 19.2. The summed E-state index contributed by atoms with van der Waals surface area (Å²) < 4.78 is 31.6. The number of allylic oxidation sites excluding steroid dienone is 1. The number of urea groups is 1. The summed E-state index contributed by atoms with van der Waals surface area (Å²) in [6.07, 6.45) is 4.09. The molecule has 1 aliphatic rings. The van der Waals surface area contributed by atoms with Crippen LogP contribution in [0.2, 0.25) is 0 Å². The Morgan fingerprint density at radius 2 is 2.20 bits per heavy atom. The van der Waals surface area contributed by atoms with Gasteiger partial charge in [-0.25, -0.2) is 27.7 Å². The van der Waals surface area contributed by atoms with Crippen molar-refractivity contribution in [2.75, 3.05) is 7.11 Å². The highest BCUT2D eigenvalue weighted by Crippen LogP contribution is 2.18. The molecule has 0 aliphatic carbocycles. The fourth-order valence-electron chi connectivity index (χ4n) is 1.98. The summed E-state index contributed by atoms with van der Waals surface area (Å²) in [7, 11) is -2.89. The second-order valence-electron chi connectivity index (χ2n) is 4.89. The largest absolute Gasteiger partial charge is 0.350 e. The fraction of sp³-hybridized carbons (Fsp3) is 0.214. The van der Waals surface area contributed by atoms with E-state index in [1.165, 1.54) is 43.8 Å². The molecule has 0 aromatic heterocycles. The summed E-state index contributed by atoms with van der Waals surface area (Å²) >= 11 is 0. The monoisotopic (exact) mass is 365 g/mol. The Labute approximate surface area is 143 Å². The predicted molar refractivity (Wildman–Crippen MR) is 88.2 cm³/mol. The predicted octanol–water partition coefficient (Wildman–Crippen LogP) is 0.477. The first-order valence-electron chi connectivity index (χ1n) is 6.88. The summed E-state index contributed by atoms with van der Waals surface area (Å²) in [4.78, 5) is 29.4. The number of aliphatic imine (C=N–C) groups is 2. The molecule has 132 valence electrons. The maximum absolute atomic E-state index is 12.3. The van der Waals surface area contributed by atoms with Crippen LogP contribution in [0, 0.1) is 0 Å². The van der Waals surface area contributed by atoms with E-state index < -0.39 is 21.9 Å². The maximum atomic E-state index is 12.3. The first-order chi connectivity index (χ1) is 11.8. The Morgan fingerprint density at radius 1 is 1.44 bits per heavy atom. The number of sulfonamides is 1. The molecule has 2 amide bonds. The standard InChI is InChI=1S/C14H15N5O5S/c1-10-7-14(24-2,17-8-15-10)18-13(21)19-25(22,23)12-5-3-4-11(6-12)16-9-20/h3-8H,1-2H3,(H,15,17)(H2,18,19,21). The molecule has 25 heavy (non-hydrogen) atoms. The molecule has 2 rings (SSSR count). The Balaban J connectivity index is 2.19. The molecule has 0 radical (unpaired) electrons. The van der Waals surface area contributed by atoms with Gasteiger partial charge >= 0.3 is 6.03 Å². The van der Waals surface area contributed by atoms with Crippen molar-refractivity contribution in [3.05, 3.63) is 36.0 Å². The molecule has 1 atom stereocenters. The molecule has 1 aromatic carbocycles. The molecule has 0 spiro atoms. The molecule has 11 heteroatoms. The van der Waals surface area contributed by atoms with E-state index in [4.69, 9.17) is 4.74 Å². The van der Waals surface area contributed by atoms with Gasteiger partial charge in [0.25, 0.3) is 15.9 Å². The third kappa shape index (κ3) is 4.51. The maximum Gasteiger partial charge on any atom is 0.332 e. The number of isocyanates is 1. The molecule has 0 saturated heterocycles. The first-order valence-corrected chi connectivity index (χ1v) is 8.36. The minimum absolute atomic E-state index is 0.0909. The molecule has 0 bridgehead atoms. The van der Waals surface area contributed by atoms with Crippen molar-refractivity contribution in [2.24, 2.45) is 9.98 Å². The molecule has 1 unspecified atom stereocenters. The van der Waals surface area contributed by atoms with Crippen LogP contribution < -0.4 is 15.4 Å². The van der Waals surface area contributed by atoms with Crippen LogP contribution in [0.5, 0.6) is 0 Å². The Hall–Kier alpha value is -3.01. The third-order valence-electron chi connectivity index (χ3n) is 3.09. The number of rotatable bonds is 5. The molecular weight excluding hydrogens is 350 g/mol. The van der Waals surface area contributed by atoms with E-state index in [-0.39, 0.29) is 10.6 Å². The van der Waals surface area contributed by atoms with Crippen LogP contribution in [0.3, 0.4) is 0 Å². The minimum Gasteiger partial charge on any atom is -0.350 e. The van der Waals surface area contributed by atoms with E-state index >= 15 is 0 Å². The van der Waals surface area contributed by atoms with Crippen molar-refractivity contribution in [1.82, 2.24) is 15.4 Å². The van der Waals surface area contributed by atoms with E-state index in [0.717, 1.165) is 6.07 Å². The van der Waals surface area contributed by atoms with E-state index in [2.05, 4.69) is 20.6 Å². The van der Waals surface area contributed by atoms with Gasteiger partial charge in [-0.15, -0.1) is 0 Å². The van der Waals surface area contributed by atoms with Crippen molar-refractivity contribution in [3.8, 4) is 0 Å². The molecule has 1 aliphatic heterocycles. The van der Waals surface area contributed by atoms with Crippen LogP contribution in [0.4, 0.5) is 10.5 Å². The molecule has 0 fully saturated rings. The van der Waals surface area contributed by atoms with Gasteiger partial charge in [0, 0.05) is 18.9 Å². The van der Waals surface area contributed by atoms with E-state index in [1.807, 2.05) is 4.72 Å². The number of ether oxygens (including phenoxy) is 1. The van der Waals surface area contributed by atoms with Crippen LogP contribution in [0.25, 0.3) is 0 Å². The highest BCUT2D eigenvalue weighted by molar-refractivity contribution is 7.90. The van der Waals surface area contributed by atoms with Gasteiger partial charge in [0.2, 0.25) is 6.08 Å². The lowest BCUT2D eigenvalue weighted by molar-refractivity contribution is 0.0191. The lowest BCUT2D eigenvalue weighted by Gasteiger charge is -2.28. The topological polar surface area (TPSA) is 138 Å². The average molecular weight is 365 g/mol. The molecule has 10 nitrogen and oxygen atoms in total. The number of carbonyl (C=O) groups excluding carboxylic acids is 2. The number of nitrogens with one attached hydrogen (secondary N) is 3. The van der Waals surface area contributed by atoms with Gasteiger partial charge in [0.05, 0.1) is 16.9 Å². The molecule has 0 saturated carbocycles. The zero-order valence-electron chi connectivity index (χ0n) is 13.3. The van der Waals surface area contributed by atoms with Crippen LogP contribution >= 0.6 is 0 Å². The summed E-state index contributed by atoms with van der Waals surface area (Å²) in [5.41, 5.74) is 0.743.